The fraction of sp³-hybridized carbons (Fsp3) is 1.00. The molecule has 0 fully saturated rings. The van der Waals surface area contributed by atoms with Gasteiger partial charge in [-0.2, -0.15) is 0 Å². The molecule has 0 spiro atoms. The highest BCUT2D eigenvalue weighted by Gasteiger charge is 2.14. The standard InChI is InChI=1S/C12H27NO/c1-10(2)7-8-13-9-11(3)14-12(4,5)6/h10-11,13H,7-9H2,1-6H3. The summed E-state index contributed by atoms with van der Waals surface area (Å²) in [4.78, 5) is 0. The van der Waals surface area contributed by atoms with Crippen molar-refractivity contribution in [2.45, 2.75) is 59.7 Å². The zero-order valence-electron chi connectivity index (χ0n) is 10.7. The molecule has 0 saturated carbocycles. The number of hydrogen-bond acceptors (Lipinski definition) is 2. The first-order chi connectivity index (χ1) is 6.31. The fourth-order valence-electron chi connectivity index (χ4n) is 1.34. The molecule has 0 amide bonds. The van der Waals surface area contributed by atoms with Crippen LogP contribution in [0.1, 0.15) is 48.0 Å². The summed E-state index contributed by atoms with van der Waals surface area (Å²) in [5, 5.41) is 3.41. The van der Waals surface area contributed by atoms with Crippen molar-refractivity contribution in [1.82, 2.24) is 5.32 Å². The molecule has 2 heteroatoms. The quantitative estimate of drug-likeness (QED) is 0.667. The van der Waals surface area contributed by atoms with Crippen LogP contribution in [0.25, 0.3) is 0 Å². The highest BCUT2D eigenvalue weighted by molar-refractivity contribution is 4.65. The third-order valence-electron chi connectivity index (χ3n) is 1.88. The Kier molecular flexibility index (Phi) is 6.38. The lowest BCUT2D eigenvalue weighted by Gasteiger charge is -2.25. The Hall–Kier alpha value is -0.0800. The van der Waals surface area contributed by atoms with Gasteiger partial charge in [-0.3, -0.25) is 0 Å². The number of hydrogen-bond donors (Lipinski definition) is 1. The largest absolute Gasteiger partial charge is 0.372 e. The number of nitrogens with one attached hydrogen (secondary N) is 1. The second-order valence-corrected chi connectivity index (χ2v) is 5.43. The molecule has 1 N–H and O–H groups in total. The Morgan fingerprint density at radius 1 is 1.14 bits per heavy atom. The molecule has 2 nitrogen and oxygen atoms in total. The summed E-state index contributed by atoms with van der Waals surface area (Å²) in [7, 11) is 0. The van der Waals surface area contributed by atoms with Gasteiger partial charge in [-0.1, -0.05) is 13.8 Å². The number of ether oxygens (including phenoxy) is 1. The van der Waals surface area contributed by atoms with Gasteiger partial charge in [-0.05, 0) is 46.6 Å². The van der Waals surface area contributed by atoms with Crippen LogP contribution in [-0.4, -0.2) is 24.8 Å². The van der Waals surface area contributed by atoms with Gasteiger partial charge in [0.15, 0.2) is 0 Å². The molecule has 0 aromatic carbocycles. The molecule has 14 heavy (non-hydrogen) atoms. The van der Waals surface area contributed by atoms with Crippen LogP contribution in [0.3, 0.4) is 0 Å². The Labute approximate surface area is 89.4 Å². The van der Waals surface area contributed by atoms with E-state index < -0.39 is 0 Å². The van der Waals surface area contributed by atoms with E-state index in [-0.39, 0.29) is 5.60 Å². The van der Waals surface area contributed by atoms with E-state index in [1.165, 1.54) is 6.42 Å². The molecule has 86 valence electrons. The topological polar surface area (TPSA) is 21.3 Å². The maximum atomic E-state index is 5.78. The third-order valence-corrected chi connectivity index (χ3v) is 1.88. The van der Waals surface area contributed by atoms with Gasteiger partial charge in [0.05, 0.1) is 11.7 Å². The molecular weight excluding hydrogens is 174 g/mol. The van der Waals surface area contributed by atoms with E-state index in [0.29, 0.717) is 6.10 Å². The molecule has 1 atom stereocenters. The maximum absolute atomic E-state index is 5.78. The molecule has 0 radical (unpaired) electrons. The Morgan fingerprint density at radius 3 is 2.14 bits per heavy atom. The van der Waals surface area contributed by atoms with Crippen LogP contribution < -0.4 is 5.32 Å². The zero-order valence-corrected chi connectivity index (χ0v) is 10.7. The lowest BCUT2D eigenvalue weighted by atomic mass is 10.1. The summed E-state index contributed by atoms with van der Waals surface area (Å²) in [6.45, 7) is 14.9. The molecule has 0 aromatic rings. The molecule has 0 saturated heterocycles. The van der Waals surface area contributed by atoms with Gasteiger partial charge in [-0.15, -0.1) is 0 Å². The first-order valence-corrected chi connectivity index (χ1v) is 5.70. The lowest BCUT2D eigenvalue weighted by molar-refractivity contribution is -0.0498. The van der Waals surface area contributed by atoms with Gasteiger partial charge in [0.25, 0.3) is 0 Å². The van der Waals surface area contributed by atoms with Crippen molar-refractivity contribution in [3.05, 3.63) is 0 Å². The van der Waals surface area contributed by atoms with Gasteiger partial charge < -0.3 is 10.1 Å². The van der Waals surface area contributed by atoms with Crippen LogP contribution in [0.15, 0.2) is 0 Å². The molecular formula is C12H27NO. The van der Waals surface area contributed by atoms with Crippen molar-refractivity contribution < 1.29 is 4.74 Å². The van der Waals surface area contributed by atoms with Gasteiger partial charge >= 0.3 is 0 Å². The van der Waals surface area contributed by atoms with Crippen molar-refractivity contribution in [3.63, 3.8) is 0 Å². The van der Waals surface area contributed by atoms with E-state index in [4.69, 9.17) is 4.74 Å². The van der Waals surface area contributed by atoms with Gasteiger partial charge in [0.1, 0.15) is 0 Å². The second-order valence-electron chi connectivity index (χ2n) is 5.43. The predicted molar refractivity (Wildman–Crippen MR) is 62.6 cm³/mol. The lowest BCUT2D eigenvalue weighted by Crippen LogP contribution is -2.34. The van der Waals surface area contributed by atoms with Crippen LogP contribution in [0.4, 0.5) is 0 Å². The zero-order chi connectivity index (χ0) is 11.2. The van der Waals surface area contributed by atoms with Crippen molar-refractivity contribution in [3.8, 4) is 0 Å². The minimum absolute atomic E-state index is 0.0286. The van der Waals surface area contributed by atoms with Crippen LogP contribution in [0.2, 0.25) is 0 Å². The maximum Gasteiger partial charge on any atom is 0.0678 e. The second kappa shape index (κ2) is 6.41. The van der Waals surface area contributed by atoms with Crippen molar-refractivity contribution >= 4 is 0 Å². The van der Waals surface area contributed by atoms with Crippen LogP contribution >= 0.6 is 0 Å². The minimum Gasteiger partial charge on any atom is -0.372 e. The Balaban J connectivity index is 3.40. The number of rotatable bonds is 6. The molecule has 0 aliphatic carbocycles. The average molecular weight is 201 g/mol. The summed E-state index contributed by atoms with van der Waals surface area (Å²) in [6, 6.07) is 0. The van der Waals surface area contributed by atoms with Crippen molar-refractivity contribution in [2.24, 2.45) is 5.92 Å². The van der Waals surface area contributed by atoms with E-state index in [1.54, 1.807) is 0 Å². The SMILES string of the molecule is CC(C)CCNCC(C)OC(C)(C)C. The first-order valence-electron chi connectivity index (χ1n) is 5.70. The third kappa shape index (κ3) is 10.0. The molecule has 0 aliphatic heterocycles. The van der Waals surface area contributed by atoms with E-state index in [1.807, 2.05) is 0 Å². The van der Waals surface area contributed by atoms with Crippen molar-refractivity contribution in [2.75, 3.05) is 13.1 Å². The smallest absolute Gasteiger partial charge is 0.0678 e. The Morgan fingerprint density at radius 2 is 1.71 bits per heavy atom. The summed E-state index contributed by atoms with van der Waals surface area (Å²) in [5.41, 5.74) is -0.0286. The summed E-state index contributed by atoms with van der Waals surface area (Å²) < 4.78 is 5.78. The molecule has 0 aromatic heterocycles. The van der Waals surface area contributed by atoms with Crippen LogP contribution in [0, 0.1) is 5.92 Å². The monoisotopic (exact) mass is 201 g/mol. The molecule has 1 unspecified atom stereocenters. The molecule has 0 aliphatic rings. The molecule has 0 rings (SSSR count). The van der Waals surface area contributed by atoms with Crippen molar-refractivity contribution in [1.29, 1.82) is 0 Å². The van der Waals surface area contributed by atoms with Crippen LogP contribution in [0.5, 0.6) is 0 Å². The Bertz CT molecular complexity index is 138. The van der Waals surface area contributed by atoms with Crippen LogP contribution in [-0.2, 0) is 4.74 Å². The predicted octanol–water partition coefficient (Wildman–Crippen LogP) is 2.83. The van der Waals surface area contributed by atoms with E-state index in [0.717, 1.165) is 19.0 Å². The average Bonchev–Trinajstić information content (AvgIpc) is 1.94. The minimum atomic E-state index is -0.0286. The first kappa shape index (κ1) is 13.9. The van der Waals surface area contributed by atoms with Gasteiger partial charge in [-0.25, -0.2) is 0 Å². The van der Waals surface area contributed by atoms with Gasteiger partial charge in [0.2, 0.25) is 0 Å². The normalized spacial score (nSPS) is 14.8. The highest BCUT2D eigenvalue weighted by Crippen LogP contribution is 2.09. The van der Waals surface area contributed by atoms with E-state index in [9.17, 15) is 0 Å². The van der Waals surface area contributed by atoms with Gasteiger partial charge in [0, 0.05) is 6.54 Å². The summed E-state index contributed by atoms with van der Waals surface area (Å²) >= 11 is 0. The fourth-order valence-corrected chi connectivity index (χ4v) is 1.34. The molecule has 0 bridgehead atoms. The van der Waals surface area contributed by atoms with E-state index >= 15 is 0 Å². The summed E-state index contributed by atoms with van der Waals surface area (Å²) in [5.74, 6) is 0.779. The molecule has 0 heterocycles. The van der Waals surface area contributed by atoms with E-state index in [2.05, 4.69) is 46.9 Å². The summed E-state index contributed by atoms with van der Waals surface area (Å²) in [6.07, 6.45) is 1.53. The highest BCUT2D eigenvalue weighted by atomic mass is 16.5.